The fourth-order valence-electron chi connectivity index (χ4n) is 3.38. The molecule has 0 aliphatic carbocycles. The van der Waals surface area contributed by atoms with Gasteiger partial charge in [-0.15, -0.1) is 0 Å². The number of rotatable bonds is 6. The van der Waals surface area contributed by atoms with E-state index in [1.165, 1.54) is 6.92 Å². The summed E-state index contributed by atoms with van der Waals surface area (Å²) in [5, 5.41) is 0. The van der Waals surface area contributed by atoms with E-state index >= 15 is 0 Å². The van der Waals surface area contributed by atoms with Gasteiger partial charge < -0.3 is 9.64 Å². The number of ether oxygens (including phenoxy) is 1. The molecule has 2 aromatic rings. The zero-order chi connectivity index (χ0) is 22.4. The van der Waals surface area contributed by atoms with Gasteiger partial charge >= 0.3 is 5.97 Å². The first-order valence-electron chi connectivity index (χ1n) is 10.1. The highest BCUT2D eigenvalue weighted by Gasteiger charge is 2.38. The summed E-state index contributed by atoms with van der Waals surface area (Å²) >= 11 is 0. The molecule has 2 N–H and O–H groups in total. The number of carbonyl (C=O) groups excluding carboxylic acids is 4. The maximum absolute atomic E-state index is 12.5. The van der Waals surface area contributed by atoms with Crippen molar-refractivity contribution < 1.29 is 23.9 Å². The number of esters is 1. The van der Waals surface area contributed by atoms with Crippen LogP contribution < -0.4 is 10.9 Å². The first-order valence-corrected chi connectivity index (χ1v) is 10.1. The van der Waals surface area contributed by atoms with Gasteiger partial charge in [0, 0.05) is 18.5 Å². The highest BCUT2D eigenvalue weighted by atomic mass is 16.5. The van der Waals surface area contributed by atoms with Crippen molar-refractivity contribution in [3.05, 3.63) is 71.8 Å². The molecule has 3 rings (SSSR count). The molecule has 0 radical (unpaired) electrons. The van der Waals surface area contributed by atoms with Crippen LogP contribution in [-0.4, -0.2) is 41.2 Å². The summed E-state index contributed by atoms with van der Waals surface area (Å²) < 4.78 is 5.24. The number of nitrogens with one attached hydrogen (secondary N) is 2. The molecule has 8 heteroatoms. The fraction of sp³-hybridized carbons (Fsp3) is 0.304. The highest BCUT2D eigenvalue weighted by molar-refractivity contribution is 5.96. The van der Waals surface area contributed by atoms with E-state index in [9.17, 15) is 19.2 Å². The number of benzene rings is 2. The van der Waals surface area contributed by atoms with Crippen molar-refractivity contribution in [2.24, 2.45) is 5.92 Å². The zero-order valence-corrected chi connectivity index (χ0v) is 17.4. The number of nitrogens with zero attached hydrogens (tertiary/aromatic N) is 1. The minimum atomic E-state index is -1.13. The van der Waals surface area contributed by atoms with Crippen molar-refractivity contribution in [2.75, 3.05) is 6.54 Å². The summed E-state index contributed by atoms with van der Waals surface area (Å²) in [6, 6.07) is 17.8. The first kappa shape index (κ1) is 22.0. The lowest BCUT2D eigenvalue weighted by Crippen LogP contribution is -2.47. The quantitative estimate of drug-likeness (QED) is 0.546. The Morgan fingerprint density at radius 2 is 1.58 bits per heavy atom. The molecular weight excluding hydrogens is 398 g/mol. The van der Waals surface area contributed by atoms with Crippen LogP contribution in [-0.2, 0) is 19.1 Å². The molecule has 1 heterocycles. The Morgan fingerprint density at radius 3 is 2.23 bits per heavy atom. The Morgan fingerprint density at radius 1 is 0.968 bits per heavy atom. The van der Waals surface area contributed by atoms with Crippen LogP contribution >= 0.6 is 0 Å². The van der Waals surface area contributed by atoms with Crippen LogP contribution in [0.1, 0.15) is 42.2 Å². The van der Waals surface area contributed by atoms with Gasteiger partial charge in [-0.3, -0.25) is 30.0 Å². The molecule has 1 saturated heterocycles. The summed E-state index contributed by atoms with van der Waals surface area (Å²) in [7, 11) is 0. The second-order valence-corrected chi connectivity index (χ2v) is 7.42. The van der Waals surface area contributed by atoms with E-state index < -0.39 is 29.8 Å². The van der Waals surface area contributed by atoms with E-state index in [1.54, 1.807) is 35.2 Å². The van der Waals surface area contributed by atoms with Crippen LogP contribution in [0.2, 0.25) is 0 Å². The van der Waals surface area contributed by atoms with Gasteiger partial charge in [-0.25, -0.2) is 0 Å². The van der Waals surface area contributed by atoms with Crippen LogP contribution in [0.3, 0.4) is 0 Å². The molecule has 1 aliphatic rings. The highest BCUT2D eigenvalue weighted by Crippen LogP contribution is 2.29. The molecular formula is C23H25N3O5. The third-order valence-electron chi connectivity index (χ3n) is 5.24. The number of likely N-dealkylation sites (tertiary alicyclic amines) is 1. The van der Waals surface area contributed by atoms with Crippen molar-refractivity contribution >= 4 is 23.7 Å². The van der Waals surface area contributed by atoms with E-state index in [2.05, 4.69) is 10.9 Å². The summed E-state index contributed by atoms with van der Waals surface area (Å²) in [5.41, 5.74) is 5.88. The van der Waals surface area contributed by atoms with E-state index in [0.29, 0.717) is 5.56 Å². The molecule has 1 aliphatic heterocycles. The fourth-order valence-corrected chi connectivity index (χ4v) is 3.38. The monoisotopic (exact) mass is 423 g/mol. The lowest BCUT2D eigenvalue weighted by atomic mass is 10.1. The van der Waals surface area contributed by atoms with Crippen LogP contribution in [0.25, 0.3) is 0 Å². The Labute approximate surface area is 180 Å². The van der Waals surface area contributed by atoms with E-state index in [-0.39, 0.29) is 24.9 Å². The molecule has 0 unspecified atom stereocenters. The standard InChI is InChI=1S/C23H25N3O5/c1-15(17-9-5-3-6-10-17)26-14-19(13-20(26)27)23(30)31-16(2)21(28)24-25-22(29)18-11-7-4-8-12-18/h3-12,15-16,19H,13-14H2,1-2H3,(H,24,28)(H,25,29)/t15-,16-,19-/m0/s1. The van der Waals surface area contributed by atoms with Crippen molar-refractivity contribution in [2.45, 2.75) is 32.4 Å². The van der Waals surface area contributed by atoms with Gasteiger partial charge in [-0.2, -0.15) is 0 Å². The maximum atomic E-state index is 12.5. The van der Waals surface area contributed by atoms with E-state index in [4.69, 9.17) is 4.74 Å². The average molecular weight is 423 g/mol. The molecule has 31 heavy (non-hydrogen) atoms. The van der Waals surface area contributed by atoms with Crippen molar-refractivity contribution in [1.82, 2.24) is 15.8 Å². The topological polar surface area (TPSA) is 105 Å². The van der Waals surface area contributed by atoms with Gasteiger partial charge in [0.1, 0.15) is 0 Å². The normalized spacial score (nSPS) is 17.5. The summed E-state index contributed by atoms with van der Waals surface area (Å²) in [6.07, 6.45) is -1.09. The SMILES string of the molecule is C[C@H](OC(=O)[C@H]1CC(=O)N([C@@H](C)c2ccccc2)C1)C(=O)NNC(=O)c1ccccc1. The number of hydrogen-bond donors (Lipinski definition) is 2. The second kappa shape index (κ2) is 9.88. The summed E-state index contributed by atoms with van der Waals surface area (Å²) in [6.45, 7) is 3.54. The van der Waals surface area contributed by atoms with E-state index in [1.807, 2.05) is 37.3 Å². The number of carbonyl (C=O) groups is 4. The lowest BCUT2D eigenvalue weighted by molar-refractivity contribution is -0.158. The Kier molecular flexibility index (Phi) is 7.02. The van der Waals surface area contributed by atoms with Crippen LogP contribution in [0.4, 0.5) is 0 Å². The summed E-state index contributed by atoms with van der Waals surface area (Å²) in [4.78, 5) is 50.7. The van der Waals surface area contributed by atoms with Gasteiger partial charge in [0.2, 0.25) is 5.91 Å². The molecule has 0 saturated carbocycles. The lowest BCUT2D eigenvalue weighted by Gasteiger charge is -2.25. The second-order valence-electron chi connectivity index (χ2n) is 7.42. The third kappa shape index (κ3) is 5.48. The minimum Gasteiger partial charge on any atom is -0.452 e. The Balaban J connectivity index is 1.49. The molecule has 3 atom stereocenters. The van der Waals surface area contributed by atoms with Gasteiger partial charge in [-0.05, 0) is 31.5 Å². The van der Waals surface area contributed by atoms with Crippen LogP contribution in [0, 0.1) is 5.92 Å². The third-order valence-corrected chi connectivity index (χ3v) is 5.24. The summed E-state index contributed by atoms with van der Waals surface area (Å²) in [5.74, 6) is -2.55. The van der Waals surface area contributed by atoms with Crippen molar-refractivity contribution in [1.29, 1.82) is 0 Å². The zero-order valence-electron chi connectivity index (χ0n) is 17.4. The molecule has 162 valence electrons. The van der Waals surface area contributed by atoms with Crippen molar-refractivity contribution in [3.8, 4) is 0 Å². The maximum Gasteiger partial charge on any atom is 0.312 e. The smallest absolute Gasteiger partial charge is 0.312 e. The molecule has 2 aromatic carbocycles. The molecule has 0 aromatic heterocycles. The molecule has 8 nitrogen and oxygen atoms in total. The van der Waals surface area contributed by atoms with Crippen LogP contribution in [0.5, 0.6) is 0 Å². The predicted octanol–water partition coefficient (Wildman–Crippen LogP) is 1.99. The molecule has 3 amide bonds. The molecule has 0 bridgehead atoms. The first-order chi connectivity index (χ1) is 14.9. The van der Waals surface area contributed by atoms with Gasteiger partial charge in [0.15, 0.2) is 6.10 Å². The van der Waals surface area contributed by atoms with Crippen molar-refractivity contribution in [3.63, 3.8) is 0 Å². The number of amides is 3. The molecule has 1 fully saturated rings. The molecule has 0 spiro atoms. The number of hydrogen-bond acceptors (Lipinski definition) is 5. The Bertz CT molecular complexity index is 948. The average Bonchev–Trinajstić information content (AvgIpc) is 3.19. The number of hydrazine groups is 1. The predicted molar refractivity (Wildman–Crippen MR) is 112 cm³/mol. The Hall–Kier alpha value is -3.68. The van der Waals surface area contributed by atoms with Gasteiger partial charge in [-0.1, -0.05) is 48.5 Å². The van der Waals surface area contributed by atoms with Crippen LogP contribution in [0.15, 0.2) is 60.7 Å². The van der Waals surface area contributed by atoms with Gasteiger partial charge in [0.25, 0.3) is 11.8 Å². The largest absolute Gasteiger partial charge is 0.452 e. The van der Waals surface area contributed by atoms with Gasteiger partial charge in [0.05, 0.1) is 12.0 Å². The van der Waals surface area contributed by atoms with E-state index in [0.717, 1.165) is 5.56 Å². The minimum absolute atomic E-state index is 0.0368.